The molecule has 9 heteroatoms. The minimum atomic E-state index is -0.441. The van der Waals surface area contributed by atoms with Gasteiger partial charge in [0.25, 0.3) is 5.69 Å². The van der Waals surface area contributed by atoms with Crippen molar-refractivity contribution in [3.63, 3.8) is 0 Å². The summed E-state index contributed by atoms with van der Waals surface area (Å²) in [5.74, 6) is 0.348. The van der Waals surface area contributed by atoms with E-state index < -0.39 is 4.92 Å². The van der Waals surface area contributed by atoms with Crippen molar-refractivity contribution in [1.82, 2.24) is 0 Å². The number of rotatable bonds is 4. The van der Waals surface area contributed by atoms with Crippen LogP contribution < -0.4 is 11.5 Å². The fourth-order valence-corrected chi connectivity index (χ4v) is 1.68. The third-order valence-corrected chi connectivity index (χ3v) is 2.77. The van der Waals surface area contributed by atoms with Gasteiger partial charge in [0.15, 0.2) is 0 Å². The molecule has 0 aliphatic rings. The monoisotopic (exact) mass is 372 g/mol. The Hall–Kier alpha value is -2.61. The lowest BCUT2D eigenvalue weighted by molar-refractivity contribution is -0.384. The van der Waals surface area contributed by atoms with Crippen LogP contribution in [0.25, 0.3) is 6.08 Å². The maximum Gasteiger partial charge on any atom is 0.269 e. The Labute approximate surface area is 151 Å². The van der Waals surface area contributed by atoms with Crippen LogP contribution in [0.1, 0.15) is 11.1 Å². The number of amidine groups is 1. The first-order chi connectivity index (χ1) is 10.1. The zero-order chi connectivity index (χ0) is 15.2. The number of hydrogen-bond acceptors (Lipinski definition) is 4. The number of nitrogens with zero attached hydrogens (tertiary/aromatic N) is 2. The molecular weight excluding hydrogens is 355 g/mol. The number of non-ortho nitro benzene ring substituents is 1. The van der Waals surface area contributed by atoms with Crippen LogP contribution in [0.4, 0.5) is 11.4 Å². The maximum absolute atomic E-state index is 10.5. The Morgan fingerprint density at radius 1 is 1.12 bits per heavy atom. The van der Waals surface area contributed by atoms with E-state index in [1.54, 1.807) is 42.6 Å². The first-order valence-corrected chi connectivity index (χ1v) is 6.16. The lowest BCUT2D eigenvalue weighted by Crippen LogP contribution is -2.12. The molecule has 0 heterocycles. The smallest absolute Gasteiger partial charge is 0.269 e. The molecule has 0 radical (unpaired) electrons. The molecule has 7 nitrogen and oxygen atoms in total. The second-order valence-electron chi connectivity index (χ2n) is 4.30. The Morgan fingerprint density at radius 3 is 2.29 bits per heavy atom. The molecule has 24 heavy (non-hydrogen) atoms. The van der Waals surface area contributed by atoms with Gasteiger partial charge in [0.1, 0.15) is 5.84 Å². The van der Waals surface area contributed by atoms with E-state index in [0.29, 0.717) is 11.5 Å². The van der Waals surface area contributed by atoms with Crippen molar-refractivity contribution in [1.29, 1.82) is 0 Å². The van der Waals surface area contributed by atoms with Crippen molar-refractivity contribution in [3.8, 4) is 0 Å². The quantitative estimate of drug-likeness (QED) is 0.279. The standard InChI is InChI=1S/C15H14N4O2.2ClH.H2O/c16-13-3-1-2-12(10-13)15(17)18-9-8-11-4-6-14(7-5-11)19(20)21;;;/h1-10H,16H2,(H2,17,18);2*1H;1H2. The average molecular weight is 373 g/mol. The summed E-state index contributed by atoms with van der Waals surface area (Å²) in [5.41, 5.74) is 13.7. The van der Waals surface area contributed by atoms with Gasteiger partial charge in [0.2, 0.25) is 0 Å². The molecule has 0 bridgehead atoms. The van der Waals surface area contributed by atoms with E-state index in [1.165, 1.54) is 12.1 Å². The first-order valence-electron chi connectivity index (χ1n) is 6.16. The van der Waals surface area contributed by atoms with Crippen molar-refractivity contribution in [2.45, 2.75) is 0 Å². The molecule has 0 aliphatic heterocycles. The Balaban J connectivity index is 0. The molecule has 2 aromatic carbocycles. The second-order valence-corrected chi connectivity index (χ2v) is 4.30. The van der Waals surface area contributed by atoms with Crippen molar-refractivity contribution in [2.24, 2.45) is 10.7 Å². The van der Waals surface area contributed by atoms with Crippen molar-refractivity contribution in [2.75, 3.05) is 5.73 Å². The molecule has 0 amide bonds. The molecule has 0 aromatic heterocycles. The Bertz CT molecular complexity index is 719. The lowest BCUT2D eigenvalue weighted by Gasteiger charge is -2.00. The number of anilines is 1. The van der Waals surface area contributed by atoms with Gasteiger partial charge in [-0.25, -0.2) is 4.99 Å². The third-order valence-electron chi connectivity index (χ3n) is 2.77. The maximum atomic E-state index is 10.5. The van der Waals surface area contributed by atoms with Crippen molar-refractivity contribution in [3.05, 3.63) is 76.0 Å². The number of nitro groups is 1. The van der Waals surface area contributed by atoms with Gasteiger partial charge in [-0.1, -0.05) is 12.1 Å². The third kappa shape index (κ3) is 6.66. The van der Waals surface area contributed by atoms with Crippen LogP contribution in [0.15, 0.2) is 59.7 Å². The fourth-order valence-electron chi connectivity index (χ4n) is 1.68. The first kappa shape index (κ1) is 23.7. The zero-order valence-corrected chi connectivity index (χ0v) is 14.1. The summed E-state index contributed by atoms with van der Waals surface area (Å²) >= 11 is 0. The summed E-state index contributed by atoms with van der Waals surface area (Å²) < 4.78 is 0. The number of nitrogen functional groups attached to an aromatic ring is 1. The summed E-state index contributed by atoms with van der Waals surface area (Å²) in [7, 11) is 0. The molecule has 0 spiro atoms. The number of halogens is 2. The molecule has 0 unspecified atom stereocenters. The van der Waals surface area contributed by atoms with E-state index >= 15 is 0 Å². The van der Waals surface area contributed by atoms with E-state index in [2.05, 4.69) is 4.99 Å². The highest BCUT2D eigenvalue weighted by atomic mass is 35.5. The van der Waals surface area contributed by atoms with Gasteiger partial charge >= 0.3 is 0 Å². The minimum absolute atomic E-state index is 0. The summed E-state index contributed by atoms with van der Waals surface area (Å²) in [5, 5.41) is 10.5. The van der Waals surface area contributed by atoms with E-state index in [4.69, 9.17) is 11.5 Å². The summed E-state index contributed by atoms with van der Waals surface area (Å²) in [6.45, 7) is 0. The molecule has 0 saturated carbocycles. The van der Waals surface area contributed by atoms with Crippen molar-refractivity contribution >= 4 is 48.1 Å². The highest BCUT2D eigenvalue weighted by molar-refractivity contribution is 5.98. The predicted molar refractivity (Wildman–Crippen MR) is 102 cm³/mol. The van der Waals surface area contributed by atoms with Crippen LogP contribution in [0.5, 0.6) is 0 Å². The van der Waals surface area contributed by atoms with Gasteiger partial charge in [-0.2, -0.15) is 0 Å². The highest BCUT2D eigenvalue weighted by Gasteiger charge is 2.02. The molecule has 0 atom stereocenters. The number of aliphatic imine (C=N–C) groups is 1. The molecule has 130 valence electrons. The zero-order valence-electron chi connectivity index (χ0n) is 12.5. The summed E-state index contributed by atoms with van der Waals surface area (Å²) in [4.78, 5) is 14.2. The largest absolute Gasteiger partial charge is 0.412 e. The topological polar surface area (TPSA) is 139 Å². The van der Waals surface area contributed by atoms with E-state index in [9.17, 15) is 10.1 Å². The molecule has 0 aliphatic carbocycles. The van der Waals surface area contributed by atoms with Crippen LogP contribution >= 0.6 is 24.8 Å². The van der Waals surface area contributed by atoms with Gasteiger partial charge in [0, 0.05) is 29.6 Å². The average Bonchev–Trinajstić information content (AvgIpc) is 2.47. The van der Waals surface area contributed by atoms with E-state index in [-0.39, 0.29) is 36.0 Å². The van der Waals surface area contributed by atoms with Gasteiger partial charge in [0.05, 0.1) is 4.92 Å². The molecular formula is C15H18Cl2N4O3. The molecule has 6 N–H and O–H groups in total. The number of benzene rings is 2. The SMILES string of the molecule is Cl.Cl.NC(=NC=Cc1ccc([N+](=O)[O-])cc1)c1cccc(N)c1.O. The Kier molecular flexibility index (Phi) is 10.8. The van der Waals surface area contributed by atoms with E-state index in [1.807, 2.05) is 6.07 Å². The van der Waals surface area contributed by atoms with Crippen LogP contribution in [-0.2, 0) is 0 Å². The Morgan fingerprint density at radius 2 is 1.75 bits per heavy atom. The van der Waals surface area contributed by atoms with Crippen LogP contribution in [-0.4, -0.2) is 16.2 Å². The molecule has 2 rings (SSSR count). The predicted octanol–water partition coefficient (Wildman–Crippen LogP) is 2.57. The van der Waals surface area contributed by atoms with Gasteiger partial charge in [-0.05, 0) is 35.9 Å². The number of nitro benzene ring substituents is 1. The van der Waals surface area contributed by atoms with Crippen molar-refractivity contribution < 1.29 is 10.4 Å². The van der Waals surface area contributed by atoms with E-state index in [0.717, 1.165) is 11.1 Å². The summed E-state index contributed by atoms with van der Waals surface area (Å²) in [6.07, 6.45) is 3.25. The van der Waals surface area contributed by atoms with Crippen LogP contribution in [0.3, 0.4) is 0 Å². The minimum Gasteiger partial charge on any atom is -0.412 e. The molecule has 2 aromatic rings. The van der Waals surface area contributed by atoms with Gasteiger partial charge < -0.3 is 16.9 Å². The molecule has 0 saturated heterocycles. The second kappa shape index (κ2) is 11.0. The summed E-state index contributed by atoms with van der Waals surface area (Å²) in [6, 6.07) is 13.3. The lowest BCUT2D eigenvalue weighted by atomic mass is 10.2. The normalized spacial score (nSPS) is 10.2. The molecule has 0 fully saturated rings. The van der Waals surface area contributed by atoms with Gasteiger partial charge in [-0.3, -0.25) is 10.1 Å². The fraction of sp³-hybridized carbons (Fsp3) is 0. The van der Waals surface area contributed by atoms with Crippen LogP contribution in [0, 0.1) is 10.1 Å². The number of nitrogens with two attached hydrogens (primary N) is 2. The van der Waals surface area contributed by atoms with Gasteiger partial charge in [-0.15, -0.1) is 24.8 Å². The highest BCUT2D eigenvalue weighted by Crippen LogP contribution is 2.13. The van der Waals surface area contributed by atoms with Crippen LogP contribution in [0.2, 0.25) is 0 Å². The number of hydrogen-bond donors (Lipinski definition) is 2.